The highest BCUT2D eigenvalue weighted by Crippen LogP contribution is 2.19. The lowest BCUT2D eigenvalue weighted by molar-refractivity contribution is -0.146. The van der Waals surface area contributed by atoms with E-state index in [4.69, 9.17) is 0 Å². The Morgan fingerprint density at radius 3 is 2.84 bits per heavy atom. The predicted octanol–water partition coefficient (Wildman–Crippen LogP) is -1.43. The minimum Gasteiger partial charge on any atom is -0.468 e. The van der Waals surface area contributed by atoms with Crippen molar-refractivity contribution < 1.29 is 29.0 Å². The van der Waals surface area contributed by atoms with Gasteiger partial charge in [-0.15, -0.1) is 0 Å². The number of nitrogens with zero attached hydrogens (tertiary/aromatic N) is 2. The Bertz CT molecular complexity index is 399. The lowest BCUT2D eigenvalue weighted by Crippen LogP contribution is -2.45. The molecule has 0 aromatic heterocycles. The van der Waals surface area contributed by atoms with Crippen molar-refractivity contribution in [1.82, 2.24) is 9.80 Å². The molecule has 0 bridgehead atoms. The van der Waals surface area contributed by atoms with Crippen molar-refractivity contribution in [3.63, 3.8) is 0 Å². The summed E-state index contributed by atoms with van der Waals surface area (Å²) in [5.74, 6) is -0.932. The highest BCUT2D eigenvalue weighted by atomic mass is 16.6. The van der Waals surface area contributed by atoms with Crippen LogP contribution < -0.4 is 0 Å². The molecule has 1 N–H and O–H groups in total. The summed E-state index contributed by atoms with van der Waals surface area (Å²) in [4.78, 5) is 37.2. The Morgan fingerprint density at radius 1 is 1.53 bits per heavy atom. The van der Waals surface area contributed by atoms with Crippen molar-refractivity contribution in [3.05, 3.63) is 0 Å². The lowest BCUT2D eigenvalue weighted by Gasteiger charge is -2.22. The summed E-state index contributed by atoms with van der Waals surface area (Å²) in [5, 5.41) is 9.58. The zero-order valence-corrected chi connectivity index (χ0v) is 10.6. The van der Waals surface area contributed by atoms with Crippen LogP contribution in [-0.4, -0.2) is 78.4 Å². The van der Waals surface area contributed by atoms with Gasteiger partial charge in [0.2, 0.25) is 5.91 Å². The number of imide groups is 1. The van der Waals surface area contributed by atoms with Gasteiger partial charge in [-0.25, -0.2) is 9.69 Å². The number of cyclic esters (lactones) is 1. The van der Waals surface area contributed by atoms with Gasteiger partial charge in [0.25, 0.3) is 0 Å². The van der Waals surface area contributed by atoms with Crippen molar-refractivity contribution in [3.8, 4) is 0 Å². The first-order chi connectivity index (χ1) is 9.02. The summed E-state index contributed by atoms with van der Waals surface area (Å²) in [6.07, 6.45) is -1.12. The number of esters is 1. The molecule has 0 aromatic rings. The van der Waals surface area contributed by atoms with Crippen molar-refractivity contribution in [2.75, 3.05) is 33.4 Å². The van der Waals surface area contributed by atoms with Crippen molar-refractivity contribution in [2.45, 2.75) is 18.6 Å². The number of aliphatic hydroxyl groups is 1. The highest BCUT2D eigenvalue weighted by Gasteiger charge is 2.39. The first-order valence-electron chi connectivity index (χ1n) is 6.00. The van der Waals surface area contributed by atoms with E-state index in [2.05, 4.69) is 9.47 Å². The van der Waals surface area contributed by atoms with Crippen molar-refractivity contribution in [1.29, 1.82) is 0 Å². The van der Waals surface area contributed by atoms with Gasteiger partial charge in [-0.05, 0) is 0 Å². The molecule has 0 radical (unpaired) electrons. The second-order valence-electron chi connectivity index (χ2n) is 4.52. The van der Waals surface area contributed by atoms with Gasteiger partial charge in [0.1, 0.15) is 12.6 Å². The van der Waals surface area contributed by atoms with E-state index in [1.54, 1.807) is 0 Å². The Hall–Kier alpha value is -1.67. The Morgan fingerprint density at radius 2 is 2.26 bits per heavy atom. The van der Waals surface area contributed by atoms with Crippen LogP contribution in [0.2, 0.25) is 0 Å². The van der Waals surface area contributed by atoms with E-state index in [0.717, 1.165) is 4.90 Å². The van der Waals surface area contributed by atoms with E-state index in [1.165, 1.54) is 12.0 Å². The fourth-order valence-electron chi connectivity index (χ4n) is 2.31. The molecule has 2 atom stereocenters. The van der Waals surface area contributed by atoms with E-state index in [-0.39, 0.29) is 32.7 Å². The molecule has 0 aromatic carbocycles. The number of hydrogen-bond acceptors (Lipinski definition) is 7. The molecule has 2 aliphatic heterocycles. The largest absolute Gasteiger partial charge is 0.468 e. The summed E-state index contributed by atoms with van der Waals surface area (Å²) >= 11 is 0. The molecule has 2 unspecified atom stereocenters. The number of methoxy groups -OCH3 is 1. The maximum Gasteiger partial charge on any atom is 0.416 e. The number of ether oxygens (including phenoxy) is 2. The summed E-state index contributed by atoms with van der Waals surface area (Å²) in [5.41, 5.74) is 0. The summed E-state index contributed by atoms with van der Waals surface area (Å²) < 4.78 is 9.31. The molecule has 19 heavy (non-hydrogen) atoms. The monoisotopic (exact) mass is 272 g/mol. The molecule has 8 nitrogen and oxygen atoms in total. The van der Waals surface area contributed by atoms with Crippen LogP contribution in [0.3, 0.4) is 0 Å². The van der Waals surface area contributed by atoms with Crippen molar-refractivity contribution in [2.24, 2.45) is 0 Å². The number of aliphatic hydroxyl groups excluding tert-OH is 1. The van der Waals surface area contributed by atoms with Crippen LogP contribution in [0, 0.1) is 0 Å². The van der Waals surface area contributed by atoms with Gasteiger partial charge >= 0.3 is 12.1 Å². The number of rotatable bonds is 3. The van der Waals surface area contributed by atoms with Crippen LogP contribution in [0.4, 0.5) is 4.79 Å². The summed E-state index contributed by atoms with van der Waals surface area (Å²) in [6.45, 7) is 0.491. The van der Waals surface area contributed by atoms with E-state index in [0.29, 0.717) is 0 Å². The highest BCUT2D eigenvalue weighted by molar-refractivity contribution is 5.94. The first kappa shape index (κ1) is 13.8. The average molecular weight is 272 g/mol. The molecular weight excluding hydrogens is 256 g/mol. The fourth-order valence-corrected chi connectivity index (χ4v) is 2.31. The molecule has 2 heterocycles. The molecule has 2 saturated heterocycles. The Labute approximate surface area is 109 Å². The number of carbonyl (C=O) groups excluding carboxylic acids is 3. The molecule has 2 amide bonds. The van der Waals surface area contributed by atoms with Gasteiger partial charge in [-0.3, -0.25) is 14.5 Å². The molecule has 0 saturated carbocycles. The summed E-state index contributed by atoms with van der Waals surface area (Å²) in [6, 6.07) is -0.650. The zero-order valence-electron chi connectivity index (χ0n) is 10.6. The maximum atomic E-state index is 11.9. The maximum absolute atomic E-state index is 11.9. The molecule has 106 valence electrons. The van der Waals surface area contributed by atoms with E-state index in [9.17, 15) is 19.5 Å². The van der Waals surface area contributed by atoms with Crippen LogP contribution in [0.1, 0.15) is 6.42 Å². The van der Waals surface area contributed by atoms with E-state index < -0.39 is 30.1 Å². The SMILES string of the molecule is COC(=O)C1CC(O)CN1CC(=O)N1CCOC1=O. The number of amides is 2. The molecule has 0 spiro atoms. The second-order valence-corrected chi connectivity index (χ2v) is 4.52. The minimum absolute atomic E-state index is 0.119. The van der Waals surface area contributed by atoms with Crippen LogP contribution in [-0.2, 0) is 19.1 Å². The van der Waals surface area contributed by atoms with Gasteiger partial charge in [0.05, 0.1) is 26.3 Å². The van der Waals surface area contributed by atoms with Crippen LogP contribution in [0.15, 0.2) is 0 Å². The number of β-amino-alcohol motifs (C(OH)–C–C–N with tert-alkyl or cyclic N) is 1. The molecule has 0 aliphatic carbocycles. The lowest BCUT2D eigenvalue weighted by atomic mass is 10.2. The smallest absolute Gasteiger partial charge is 0.416 e. The minimum atomic E-state index is -0.678. The van der Waals surface area contributed by atoms with Crippen LogP contribution >= 0.6 is 0 Å². The predicted molar refractivity (Wildman–Crippen MR) is 61.1 cm³/mol. The third-order valence-electron chi connectivity index (χ3n) is 3.25. The van der Waals surface area contributed by atoms with Gasteiger partial charge < -0.3 is 14.6 Å². The van der Waals surface area contributed by atoms with Crippen LogP contribution in [0.5, 0.6) is 0 Å². The van der Waals surface area contributed by atoms with E-state index >= 15 is 0 Å². The molecular formula is C11H16N2O6. The molecule has 2 aliphatic rings. The van der Waals surface area contributed by atoms with Gasteiger partial charge in [-0.2, -0.15) is 0 Å². The third-order valence-corrected chi connectivity index (χ3v) is 3.25. The summed E-state index contributed by atoms with van der Waals surface area (Å²) in [7, 11) is 1.25. The zero-order chi connectivity index (χ0) is 14.0. The Balaban J connectivity index is 1.98. The first-order valence-corrected chi connectivity index (χ1v) is 6.00. The number of hydrogen-bond donors (Lipinski definition) is 1. The van der Waals surface area contributed by atoms with Gasteiger partial charge in [-0.1, -0.05) is 0 Å². The van der Waals surface area contributed by atoms with Crippen molar-refractivity contribution >= 4 is 18.0 Å². The molecule has 8 heteroatoms. The molecule has 2 rings (SSSR count). The second kappa shape index (κ2) is 5.54. The number of carbonyl (C=O) groups is 3. The van der Waals surface area contributed by atoms with E-state index in [1.807, 2.05) is 0 Å². The van der Waals surface area contributed by atoms with Crippen LogP contribution in [0.25, 0.3) is 0 Å². The molecule has 2 fully saturated rings. The fraction of sp³-hybridized carbons (Fsp3) is 0.727. The third kappa shape index (κ3) is 2.85. The standard InChI is InChI=1S/C11H16N2O6/c1-18-10(16)8-4-7(14)5-12(8)6-9(15)13-2-3-19-11(13)17/h7-8,14H,2-6H2,1H3. The quantitative estimate of drug-likeness (QED) is 0.629. The topological polar surface area (TPSA) is 96.4 Å². The average Bonchev–Trinajstić information content (AvgIpc) is 2.94. The van der Waals surface area contributed by atoms with Gasteiger partial charge in [0.15, 0.2) is 0 Å². The Kier molecular flexibility index (Phi) is 4.01. The normalized spacial score (nSPS) is 27.5. The number of likely N-dealkylation sites (tertiary alicyclic amines) is 1. The van der Waals surface area contributed by atoms with Gasteiger partial charge in [0, 0.05) is 13.0 Å².